The van der Waals surface area contributed by atoms with Gasteiger partial charge in [-0.1, -0.05) is 6.07 Å². The van der Waals surface area contributed by atoms with Gasteiger partial charge in [0.25, 0.3) is 0 Å². The molecule has 0 heterocycles. The molecule has 1 atom stereocenters. The van der Waals surface area contributed by atoms with E-state index in [1.54, 1.807) is 13.8 Å². The predicted molar refractivity (Wildman–Crippen MR) is 70.3 cm³/mol. The van der Waals surface area contributed by atoms with Gasteiger partial charge in [0.2, 0.25) is 5.82 Å². The molecule has 0 aliphatic rings. The molecule has 1 unspecified atom stereocenters. The molecule has 0 fully saturated rings. The first kappa shape index (κ1) is 16.4. The van der Waals surface area contributed by atoms with E-state index in [9.17, 15) is 13.6 Å². The largest absolute Gasteiger partial charge is 0.490 e. The lowest BCUT2D eigenvalue weighted by atomic mass is 9.98. The third kappa shape index (κ3) is 4.45. The van der Waals surface area contributed by atoms with Crippen LogP contribution < -0.4 is 10.5 Å². The minimum Gasteiger partial charge on any atom is -0.490 e. The van der Waals surface area contributed by atoms with E-state index in [1.165, 1.54) is 12.1 Å². The van der Waals surface area contributed by atoms with Crippen molar-refractivity contribution in [3.05, 3.63) is 29.8 Å². The zero-order valence-corrected chi connectivity index (χ0v) is 11.6. The molecule has 0 saturated carbocycles. The van der Waals surface area contributed by atoms with E-state index in [0.717, 1.165) is 6.07 Å². The second-order valence-electron chi connectivity index (χ2n) is 4.64. The summed E-state index contributed by atoms with van der Waals surface area (Å²) >= 11 is 0. The highest BCUT2D eigenvalue weighted by molar-refractivity contribution is 5.79. The first-order valence-electron chi connectivity index (χ1n) is 6.41. The van der Waals surface area contributed by atoms with Crippen LogP contribution in [0.3, 0.4) is 0 Å². The van der Waals surface area contributed by atoms with Gasteiger partial charge in [0.15, 0.2) is 11.6 Å². The highest BCUT2D eigenvalue weighted by Gasteiger charge is 2.29. The average Bonchev–Trinajstić information content (AvgIpc) is 2.39. The molecule has 1 aromatic carbocycles. The lowest BCUT2D eigenvalue weighted by molar-refractivity contribution is -0.149. The summed E-state index contributed by atoms with van der Waals surface area (Å²) in [6.45, 7) is 3.65. The van der Waals surface area contributed by atoms with Gasteiger partial charge in [0.1, 0.15) is 5.54 Å². The first-order chi connectivity index (χ1) is 9.38. The zero-order chi connectivity index (χ0) is 15.2. The van der Waals surface area contributed by atoms with E-state index < -0.39 is 23.1 Å². The standard InChI is InChI=1S/C14H19F2NO3/c1-3-19-13(18)14(2,17)8-5-9-20-11-7-4-6-10(15)12(11)16/h4,6-7H,3,5,8-9,17H2,1-2H3. The van der Waals surface area contributed by atoms with Gasteiger partial charge in [-0.2, -0.15) is 4.39 Å². The Kier molecular flexibility index (Phi) is 5.88. The maximum atomic E-state index is 13.3. The molecule has 0 radical (unpaired) electrons. The Morgan fingerprint density at radius 2 is 2.10 bits per heavy atom. The Hall–Kier alpha value is -1.69. The van der Waals surface area contributed by atoms with Gasteiger partial charge < -0.3 is 15.2 Å². The fourth-order valence-corrected chi connectivity index (χ4v) is 1.62. The van der Waals surface area contributed by atoms with Crippen LogP contribution in [-0.2, 0) is 9.53 Å². The number of hydrogen-bond donors (Lipinski definition) is 1. The number of esters is 1. The van der Waals surface area contributed by atoms with E-state index >= 15 is 0 Å². The van der Waals surface area contributed by atoms with Crippen LogP contribution in [-0.4, -0.2) is 24.7 Å². The molecule has 1 aromatic rings. The number of hydrogen-bond acceptors (Lipinski definition) is 4. The molecule has 2 N–H and O–H groups in total. The monoisotopic (exact) mass is 287 g/mol. The average molecular weight is 287 g/mol. The summed E-state index contributed by atoms with van der Waals surface area (Å²) in [5.41, 5.74) is 4.70. The van der Waals surface area contributed by atoms with Crippen LogP contribution in [0.15, 0.2) is 18.2 Å². The second kappa shape index (κ2) is 7.19. The molecule has 0 aromatic heterocycles. The molecule has 20 heavy (non-hydrogen) atoms. The minimum absolute atomic E-state index is 0.132. The maximum Gasteiger partial charge on any atom is 0.325 e. The number of rotatable bonds is 7. The lowest BCUT2D eigenvalue weighted by Gasteiger charge is -2.22. The topological polar surface area (TPSA) is 61.5 Å². The quantitative estimate of drug-likeness (QED) is 0.618. The molecular weight excluding hydrogens is 268 g/mol. The van der Waals surface area contributed by atoms with Gasteiger partial charge in [-0.05, 0) is 38.8 Å². The number of benzene rings is 1. The number of ether oxygens (including phenoxy) is 2. The van der Waals surface area contributed by atoms with Crippen molar-refractivity contribution in [2.45, 2.75) is 32.2 Å². The molecule has 0 aliphatic carbocycles. The summed E-state index contributed by atoms with van der Waals surface area (Å²) in [5, 5.41) is 0. The third-order valence-electron chi connectivity index (χ3n) is 2.76. The Balaban J connectivity index is 2.42. The molecule has 0 bridgehead atoms. The summed E-state index contributed by atoms with van der Waals surface area (Å²) in [6.07, 6.45) is 0.741. The van der Waals surface area contributed by atoms with Crippen LogP contribution >= 0.6 is 0 Å². The van der Waals surface area contributed by atoms with Crippen LogP contribution in [0.25, 0.3) is 0 Å². The van der Waals surface area contributed by atoms with Crippen molar-refractivity contribution < 1.29 is 23.0 Å². The van der Waals surface area contributed by atoms with Crippen LogP contribution in [0.4, 0.5) is 8.78 Å². The SMILES string of the molecule is CCOC(=O)C(C)(N)CCCOc1cccc(F)c1F. The van der Waals surface area contributed by atoms with Gasteiger partial charge in [-0.25, -0.2) is 4.39 Å². The summed E-state index contributed by atoms with van der Waals surface area (Å²) in [4.78, 5) is 11.5. The van der Waals surface area contributed by atoms with Crippen LogP contribution in [0.5, 0.6) is 5.75 Å². The zero-order valence-electron chi connectivity index (χ0n) is 11.6. The molecule has 4 nitrogen and oxygen atoms in total. The summed E-state index contributed by atoms with van der Waals surface area (Å²) in [5.74, 6) is -2.62. The van der Waals surface area contributed by atoms with Crippen molar-refractivity contribution in [2.75, 3.05) is 13.2 Å². The van der Waals surface area contributed by atoms with Crippen LogP contribution in [0, 0.1) is 11.6 Å². The Labute approximate surface area is 116 Å². The molecule has 112 valence electrons. The fourth-order valence-electron chi connectivity index (χ4n) is 1.62. The summed E-state index contributed by atoms with van der Waals surface area (Å²) in [6, 6.07) is 3.71. The third-order valence-corrected chi connectivity index (χ3v) is 2.76. The van der Waals surface area contributed by atoms with Crippen molar-refractivity contribution in [1.29, 1.82) is 0 Å². The number of carbonyl (C=O) groups excluding carboxylic acids is 1. The lowest BCUT2D eigenvalue weighted by Crippen LogP contribution is -2.46. The van der Waals surface area contributed by atoms with E-state index in [1.807, 2.05) is 0 Å². The number of carbonyl (C=O) groups is 1. The predicted octanol–water partition coefficient (Wildman–Crippen LogP) is 2.40. The van der Waals surface area contributed by atoms with Gasteiger partial charge in [0.05, 0.1) is 13.2 Å². The van der Waals surface area contributed by atoms with E-state index in [-0.39, 0.29) is 19.0 Å². The number of nitrogens with two attached hydrogens (primary N) is 1. The normalized spacial score (nSPS) is 13.7. The van der Waals surface area contributed by atoms with Crippen molar-refractivity contribution >= 4 is 5.97 Å². The van der Waals surface area contributed by atoms with Gasteiger partial charge in [-0.3, -0.25) is 4.79 Å². The highest BCUT2D eigenvalue weighted by Crippen LogP contribution is 2.20. The molecule has 1 rings (SSSR count). The van der Waals surface area contributed by atoms with E-state index in [2.05, 4.69) is 0 Å². The Morgan fingerprint density at radius 1 is 1.40 bits per heavy atom. The fraction of sp³-hybridized carbons (Fsp3) is 0.500. The van der Waals surface area contributed by atoms with Crippen LogP contribution in [0.1, 0.15) is 26.7 Å². The van der Waals surface area contributed by atoms with Crippen LogP contribution in [0.2, 0.25) is 0 Å². The molecule has 0 aliphatic heterocycles. The molecule has 0 spiro atoms. The van der Waals surface area contributed by atoms with Crippen molar-refractivity contribution in [2.24, 2.45) is 5.73 Å². The first-order valence-corrected chi connectivity index (χ1v) is 6.41. The van der Waals surface area contributed by atoms with E-state index in [4.69, 9.17) is 15.2 Å². The van der Waals surface area contributed by atoms with Crippen molar-refractivity contribution in [1.82, 2.24) is 0 Å². The van der Waals surface area contributed by atoms with Gasteiger partial charge in [0, 0.05) is 0 Å². The minimum atomic E-state index is -1.11. The maximum absolute atomic E-state index is 13.3. The van der Waals surface area contributed by atoms with E-state index in [0.29, 0.717) is 12.8 Å². The highest BCUT2D eigenvalue weighted by atomic mass is 19.2. The molecule has 0 saturated heterocycles. The van der Waals surface area contributed by atoms with Crippen molar-refractivity contribution in [3.63, 3.8) is 0 Å². The Bertz CT molecular complexity index is 464. The summed E-state index contributed by atoms with van der Waals surface area (Å²) in [7, 11) is 0. The molecule has 6 heteroatoms. The Morgan fingerprint density at radius 3 is 2.75 bits per heavy atom. The molecular formula is C14H19F2NO3. The summed E-state index contributed by atoms with van der Waals surface area (Å²) < 4.78 is 36.2. The molecule has 0 amide bonds. The van der Waals surface area contributed by atoms with Gasteiger partial charge in [-0.15, -0.1) is 0 Å². The smallest absolute Gasteiger partial charge is 0.325 e. The van der Waals surface area contributed by atoms with Gasteiger partial charge >= 0.3 is 5.97 Å². The van der Waals surface area contributed by atoms with Crippen molar-refractivity contribution in [3.8, 4) is 5.75 Å². The number of halogens is 2. The second-order valence-corrected chi connectivity index (χ2v) is 4.64.